The van der Waals surface area contributed by atoms with Gasteiger partial charge < -0.3 is 10.2 Å². The van der Waals surface area contributed by atoms with Crippen LogP contribution in [0.4, 0.5) is 23.2 Å². The summed E-state index contributed by atoms with van der Waals surface area (Å²) in [6.07, 6.45) is -4.48. The van der Waals surface area contributed by atoms with Gasteiger partial charge in [-0.3, -0.25) is 9.59 Å². The lowest BCUT2D eigenvalue weighted by Gasteiger charge is -2.29. The van der Waals surface area contributed by atoms with E-state index in [1.807, 2.05) is 0 Å². The van der Waals surface area contributed by atoms with Crippen LogP contribution in [0.25, 0.3) is 0 Å². The average molecular weight is 474 g/mol. The highest BCUT2D eigenvalue weighted by molar-refractivity contribution is 7.99. The highest BCUT2D eigenvalue weighted by Gasteiger charge is 2.43. The first-order valence-electron chi connectivity index (χ1n) is 9.97. The molecule has 4 nitrogen and oxygen atoms in total. The maximum Gasteiger partial charge on any atom is 0.416 e. The zero-order valence-electron chi connectivity index (χ0n) is 17.1. The summed E-state index contributed by atoms with van der Waals surface area (Å²) in [4.78, 5) is 27.8. The van der Waals surface area contributed by atoms with Gasteiger partial charge in [0.1, 0.15) is 17.2 Å². The van der Waals surface area contributed by atoms with Gasteiger partial charge in [-0.1, -0.05) is 42.5 Å². The van der Waals surface area contributed by atoms with Gasteiger partial charge in [0.2, 0.25) is 5.91 Å². The molecule has 2 amide bonds. The molecule has 1 aliphatic heterocycles. The molecule has 1 saturated heterocycles. The van der Waals surface area contributed by atoms with Crippen molar-refractivity contribution in [3.05, 3.63) is 101 Å². The topological polar surface area (TPSA) is 49.4 Å². The predicted molar refractivity (Wildman–Crippen MR) is 118 cm³/mol. The molecule has 1 fully saturated rings. The number of thioether (sulfide) groups is 1. The first kappa shape index (κ1) is 22.8. The van der Waals surface area contributed by atoms with Crippen molar-refractivity contribution in [2.45, 2.75) is 17.6 Å². The third-order valence-electron chi connectivity index (χ3n) is 5.21. The number of benzene rings is 3. The fourth-order valence-corrected chi connectivity index (χ4v) is 4.99. The monoisotopic (exact) mass is 474 g/mol. The molecule has 2 atom stereocenters. The summed E-state index contributed by atoms with van der Waals surface area (Å²) < 4.78 is 53.0. The van der Waals surface area contributed by atoms with Crippen LogP contribution in [0.1, 0.15) is 26.9 Å². The van der Waals surface area contributed by atoms with Crippen molar-refractivity contribution in [1.29, 1.82) is 0 Å². The summed E-state index contributed by atoms with van der Waals surface area (Å²) in [5, 5.41) is 1.84. The highest BCUT2D eigenvalue weighted by atomic mass is 32.2. The number of nitrogens with zero attached hydrogens (tertiary/aromatic N) is 1. The minimum Gasteiger partial charge on any atom is -0.322 e. The van der Waals surface area contributed by atoms with E-state index in [0.717, 1.165) is 12.1 Å². The molecule has 1 heterocycles. The van der Waals surface area contributed by atoms with E-state index in [0.29, 0.717) is 11.1 Å². The number of carbonyl (C=O) groups excluding carboxylic acids is 2. The molecule has 3 aromatic rings. The van der Waals surface area contributed by atoms with Crippen LogP contribution in [-0.4, -0.2) is 28.5 Å². The molecule has 170 valence electrons. The number of halogens is 4. The van der Waals surface area contributed by atoms with Gasteiger partial charge in [0.15, 0.2) is 0 Å². The third-order valence-corrected chi connectivity index (χ3v) is 6.54. The molecule has 9 heteroatoms. The third kappa shape index (κ3) is 4.88. The highest BCUT2D eigenvalue weighted by Crippen LogP contribution is 2.43. The van der Waals surface area contributed by atoms with Crippen molar-refractivity contribution in [3.8, 4) is 0 Å². The van der Waals surface area contributed by atoms with Crippen LogP contribution in [0.3, 0.4) is 0 Å². The molecule has 0 aromatic heterocycles. The Morgan fingerprint density at radius 3 is 2.18 bits per heavy atom. The number of anilines is 1. The number of hydrogen-bond acceptors (Lipinski definition) is 3. The van der Waals surface area contributed by atoms with Gasteiger partial charge in [-0.25, -0.2) is 4.39 Å². The Morgan fingerprint density at radius 1 is 0.909 bits per heavy atom. The molecule has 0 radical (unpaired) electrons. The standard InChI is InChI=1S/C24H18F4N2O2S/c25-18-8-4-5-9-19(18)29-21(31)20-14-33-23(16-10-12-17(13-11-16)24(26,27)28)30(20)22(32)15-6-2-1-3-7-15/h1-13,20,23H,14H2,(H,29,31). The first-order chi connectivity index (χ1) is 15.8. The van der Waals surface area contributed by atoms with Crippen LogP contribution in [0.2, 0.25) is 0 Å². The maximum atomic E-state index is 14.0. The van der Waals surface area contributed by atoms with E-state index in [-0.39, 0.29) is 11.4 Å². The molecule has 33 heavy (non-hydrogen) atoms. The number of para-hydroxylation sites is 1. The summed E-state index contributed by atoms with van der Waals surface area (Å²) in [5.74, 6) is -1.44. The number of rotatable bonds is 4. The number of amides is 2. The second-order valence-electron chi connectivity index (χ2n) is 7.37. The van der Waals surface area contributed by atoms with E-state index in [1.165, 1.54) is 47.0 Å². The van der Waals surface area contributed by atoms with E-state index >= 15 is 0 Å². The van der Waals surface area contributed by atoms with Crippen LogP contribution < -0.4 is 5.32 Å². The molecule has 4 rings (SSSR count). The van der Waals surface area contributed by atoms with E-state index in [4.69, 9.17) is 0 Å². The first-order valence-corrected chi connectivity index (χ1v) is 11.0. The molecule has 0 aliphatic carbocycles. The Balaban J connectivity index is 1.66. The number of hydrogen-bond donors (Lipinski definition) is 1. The molecule has 0 saturated carbocycles. The zero-order chi connectivity index (χ0) is 23.6. The SMILES string of the molecule is O=C(Nc1ccccc1F)C1CSC(c2ccc(C(F)(F)F)cc2)N1C(=O)c1ccccc1. The van der Waals surface area contributed by atoms with Crippen LogP contribution >= 0.6 is 11.8 Å². The summed E-state index contributed by atoms with van der Waals surface area (Å²) in [5.41, 5.74) is -0.0271. The van der Waals surface area contributed by atoms with Crippen LogP contribution in [0, 0.1) is 5.82 Å². The number of nitrogens with one attached hydrogen (secondary N) is 1. The lowest BCUT2D eigenvalue weighted by molar-refractivity contribution is -0.137. The van der Waals surface area contributed by atoms with Crippen molar-refractivity contribution in [3.63, 3.8) is 0 Å². The lowest BCUT2D eigenvalue weighted by Crippen LogP contribution is -2.45. The zero-order valence-corrected chi connectivity index (χ0v) is 17.9. The summed E-state index contributed by atoms with van der Waals surface area (Å²) in [6, 6.07) is 17.5. The summed E-state index contributed by atoms with van der Waals surface area (Å²) in [7, 11) is 0. The second-order valence-corrected chi connectivity index (χ2v) is 8.48. The van der Waals surface area contributed by atoms with Gasteiger partial charge in [-0.2, -0.15) is 13.2 Å². The molecule has 2 unspecified atom stereocenters. The fourth-order valence-electron chi connectivity index (χ4n) is 3.56. The van der Waals surface area contributed by atoms with E-state index in [9.17, 15) is 27.2 Å². The number of alkyl halides is 3. The molecule has 3 aromatic carbocycles. The minimum absolute atomic E-state index is 0.0161. The van der Waals surface area contributed by atoms with Crippen molar-refractivity contribution >= 4 is 29.3 Å². The van der Waals surface area contributed by atoms with Gasteiger partial charge >= 0.3 is 6.18 Å². The maximum absolute atomic E-state index is 14.0. The minimum atomic E-state index is -4.48. The lowest BCUT2D eigenvalue weighted by atomic mass is 10.1. The Bertz CT molecular complexity index is 1150. The van der Waals surface area contributed by atoms with Gasteiger partial charge in [0.25, 0.3) is 5.91 Å². The smallest absolute Gasteiger partial charge is 0.322 e. The average Bonchev–Trinajstić information content (AvgIpc) is 3.25. The van der Waals surface area contributed by atoms with Crippen molar-refractivity contribution < 1.29 is 27.2 Å². The Labute approximate surface area is 191 Å². The Hall–Kier alpha value is -3.33. The van der Waals surface area contributed by atoms with Crippen LogP contribution in [0.5, 0.6) is 0 Å². The van der Waals surface area contributed by atoms with E-state index < -0.39 is 40.8 Å². The summed E-state index contributed by atoms with van der Waals surface area (Å²) >= 11 is 1.26. The van der Waals surface area contributed by atoms with E-state index in [2.05, 4.69) is 5.32 Å². The summed E-state index contributed by atoms with van der Waals surface area (Å²) in [6.45, 7) is 0. The van der Waals surface area contributed by atoms with Crippen molar-refractivity contribution in [2.75, 3.05) is 11.1 Å². The van der Waals surface area contributed by atoms with E-state index in [1.54, 1.807) is 36.4 Å². The van der Waals surface area contributed by atoms with Gasteiger partial charge in [0, 0.05) is 11.3 Å². The predicted octanol–water partition coefficient (Wildman–Crippen LogP) is 5.74. The Morgan fingerprint density at radius 2 is 1.55 bits per heavy atom. The molecular formula is C24H18F4N2O2S. The quantitative estimate of drug-likeness (QED) is 0.491. The van der Waals surface area contributed by atoms with Gasteiger partial charge in [-0.05, 0) is 42.0 Å². The molecule has 0 spiro atoms. The van der Waals surface area contributed by atoms with Crippen molar-refractivity contribution in [1.82, 2.24) is 4.90 Å². The number of carbonyl (C=O) groups is 2. The Kier molecular flexibility index (Phi) is 6.42. The largest absolute Gasteiger partial charge is 0.416 e. The van der Waals surface area contributed by atoms with Crippen LogP contribution in [0.15, 0.2) is 78.9 Å². The fraction of sp³-hybridized carbons (Fsp3) is 0.167. The molecule has 1 aliphatic rings. The normalized spacial score (nSPS) is 18.2. The molecule has 1 N–H and O–H groups in total. The second kappa shape index (κ2) is 9.27. The van der Waals surface area contributed by atoms with Crippen LogP contribution in [-0.2, 0) is 11.0 Å². The van der Waals surface area contributed by atoms with Crippen molar-refractivity contribution in [2.24, 2.45) is 0 Å². The molecular weight excluding hydrogens is 456 g/mol. The molecule has 0 bridgehead atoms. The van der Waals surface area contributed by atoms with Gasteiger partial charge in [-0.15, -0.1) is 11.8 Å². The van der Waals surface area contributed by atoms with Gasteiger partial charge in [0.05, 0.1) is 11.3 Å².